The van der Waals surface area contributed by atoms with Crippen LogP contribution in [0.3, 0.4) is 0 Å². The lowest BCUT2D eigenvalue weighted by molar-refractivity contribution is 0.0634. The van der Waals surface area contributed by atoms with E-state index in [4.69, 9.17) is 0 Å². The molecule has 1 amide bonds. The molecular formula is C17H27N3OS2. The summed E-state index contributed by atoms with van der Waals surface area (Å²) in [4.78, 5) is 22.9. The number of piperidine rings is 1. The van der Waals surface area contributed by atoms with Gasteiger partial charge in [-0.2, -0.15) is 11.8 Å². The summed E-state index contributed by atoms with van der Waals surface area (Å²) in [5, 5.41) is 1.08. The second-order valence-electron chi connectivity index (χ2n) is 6.79. The zero-order chi connectivity index (χ0) is 16.4. The van der Waals surface area contributed by atoms with E-state index < -0.39 is 0 Å². The van der Waals surface area contributed by atoms with Gasteiger partial charge in [0.25, 0.3) is 5.91 Å². The Hall–Kier alpha value is -0.590. The Balaban J connectivity index is 1.59. The number of rotatable bonds is 3. The number of hydrogen-bond acceptors (Lipinski definition) is 5. The number of nitrogens with zero attached hydrogens (tertiary/aromatic N) is 3. The minimum Gasteiger partial charge on any atom is -0.338 e. The van der Waals surface area contributed by atoms with Crippen molar-refractivity contribution in [1.29, 1.82) is 0 Å². The molecule has 4 nitrogen and oxygen atoms in total. The van der Waals surface area contributed by atoms with Gasteiger partial charge in [-0.05, 0) is 19.8 Å². The van der Waals surface area contributed by atoms with E-state index in [9.17, 15) is 4.79 Å². The van der Waals surface area contributed by atoms with Gasteiger partial charge in [0.05, 0.1) is 10.7 Å². The highest BCUT2D eigenvalue weighted by Gasteiger charge is 2.29. The van der Waals surface area contributed by atoms with Crippen molar-refractivity contribution in [2.24, 2.45) is 0 Å². The average molecular weight is 354 g/mol. The van der Waals surface area contributed by atoms with E-state index in [-0.39, 0.29) is 5.91 Å². The standard InChI is InChI=1S/C17H27N3OS2/c1-12(2)16-18-13(3)15(23-16)17(21)20-6-4-14(5-7-20)19-8-10-22-11-9-19/h12,14H,4-11H2,1-3H3. The molecule has 0 unspecified atom stereocenters. The number of carbonyl (C=O) groups is 1. The van der Waals surface area contributed by atoms with Crippen LogP contribution in [0.25, 0.3) is 0 Å². The zero-order valence-corrected chi connectivity index (χ0v) is 16.0. The van der Waals surface area contributed by atoms with Crippen LogP contribution in [0.15, 0.2) is 0 Å². The highest BCUT2D eigenvalue weighted by molar-refractivity contribution is 7.99. The molecule has 2 saturated heterocycles. The van der Waals surface area contributed by atoms with Gasteiger partial charge in [-0.15, -0.1) is 11.3 Å². The lowest BCUT2D eigenvalue weighted by Gasteiger charge is -2.40. The largest absolute Gasteiger partial charge is 0.338 e. The van der Waals surface area contributed by atoms with Crippen molar-refractivity contribution in [3.05, 3.63) is 15.6 Å². The number of aromatic nitrogens is 1. The molecule has 2 aliphatic rings. The predicted molar refractivity (Wildman–Crippen MR) is 98.8 cm³/mol. The number of aryl methyl sites for hydroxylation is 1. The molecular weight excluding hydrogens is 326 g/mol. The van der Waals surface area contributed by atoms with Crippen LogP contribution in [0.4, 0.5) is 0 Å². The molecule has 0 atom stereocenters. The highest BCUT2D eigenvalue weighted by atomic mass is 32.2. The van der Waals surface area contributed by atoms with Crippen LogP contribution < -0.4 is 0 Å². The summed E-state index contributed by atoms with van der Waals surface area (Å²) in [6.07, 6.45) is 2.23. The Morgan fingerprint density at radius 2 is 1.83 bits per heavy atom. The molecule has 0 saturated carbocycles. The molecule has 0 radical (unpaired) electrons. The lowest BCUT2D eigenvalue weighted by Crippen LogP contribution is -2.49. The maximum absolute atomic E-state index is 12.8. The molecule has 3 heterocycles. The monoisotopic (exact) mass is 353 g/mol. The van der Waals surface area contributed by atoms with Crippen LogP contribution in [0.5, 0.6) is 0 Å². The van der Waals surface area contributed by atoms with Gasteiger partial charge in [-0.3, -0.25) is 9.69 Å². The van der Waals surface area contributed by atoms with E-state index >= 15 is 0 Å². The maximum Gasteiger partial charge on any atom is 0.265 e. The van der Waals surface area contributed by atoms with Gasteiger partial charge < -0.3 is 4.90 Å². The topological polar surface area (TPSA) is 36.4 Å². The zero-order valence-electron chi connectivity index (χ0n) is 14.4. The predicted octanol–water partition coefficient (Wildman–Crippen LogP) is 3.23. The molecule has 3 rings (SSSR count). The maximum atomic E-state index is 12.8. The van der Waals surface area contributed by atoms with Crippen LogP contribution in [0.2, 0.25) is 0 Å². The molecule has 0 aromatic carbocycles. The van der Waals surface area contributed by atoms with Gasteiger partial charge in [-0.1, -0.05) is 13.8 Å². The number of amides is 1. The van der Waals surface area contributed by atoms with Crippen LogP contribution in [-0.2, 0) is 0 Å². The summed E-state index contributed by atoms with van der Waals surface area (Å²) in [6, 6.07) is 0.675. The number of hydrogen-bond donors (Lipinski definition) is 0. The third-order valence-corrected chi connectivity index (χ3v) is 7.20. The molecule has 0 bridgehead atoms. The van der Waals surface area contributed by atoms with E-state index in [1.54, 1.807) is 11.3 Å². The smallest absolute Gasteiger partial charge is 0.265 e. The SMILES string of the molecule is Cc1nc(C(C)C)sc1C(=O)N1CCC(N2CCSCC2)CC1. The van der Waals surface area contributed by atoms with Crippen molar-refractivity contribution in [2.45, 2.75) is 45.6 Å². The van der Waals surface area contributed by atoms with E-state index in [2.05, 4.69) is 35.5 Å². The molecule has 0 aliphatic carbocycles. The highest BCUT2D eigenvalue weighted by Crippen LogP contribution is 2.27. The summed E-state index contributed by atoms with van der Waals surface area (Å²) in [6.45, 7) is 10.4. The quantitative estimate of drug-likeness (QED) is 0.836. The molecule has 0 N–H and O–H groups in total. The Kier molecular flexibility index (Phi) is 5.65. The van der Waals surface area contributed by atoms with Crippen molar-refractivity contribution in [3.8, 4) is 0 Å². The van der Waals surface area contributed by atoms with Crippen LogP contribution in [0, 0.1) is 6.92 Å². The second-order valence-corrected chi connectivity index (χ2v) is 9.05. The second kappa shape index (κ2) is 7.53. The first-order chi connectivity index (χ1) is 11.1. The van der Waals surface area contributed by atoms with Crippen molar-refractivity contribution in [3.63, 3.8) is 0 Å². The van der Waals surface area contributed by atoms with E-state index in [0.29, 0.717) is 12.0 Å². The molecule has 6 heteroatoms. The first-order valence-corrected chi connectivity index (χ1v) is 10.6. The minimum atomic E-state index is 0.194. The van der Waals surface area contributed by atoms with E-state index in [0.717, 1.165) is 41.5 Å². The first kappa shape index (κ1) is 17.2. The first-order valence-electron chi connectivity index (χ1n) is 8.64. The third kappa shape index (κ3) is 3.91. The molecule has 2 fully saturated rings. The summed E-state index contributed by atoms with van der Waals surface area (Å²) < 4.78 is 0. The fraction of sp³-hybridized carbons (Fsp3) is 0.765. The van der Waals surface area contributed by atoms with Crippen LogP contribution in [-0.4, -0.2) is 64.4 Å². The van der Waals surface area contributed by atoms with Gasteiger partial charge >= 0.3 is 0 Å². The Morgan fingerprint density at radius 1 is 1.17 bits per heavy atom. The summed E-state index contributed by atoms with van der Waals surface area (Å²) in [5.41, 5.74) is 0.902. The van der Waals surface area contributed by atoms with Gasteiger partial charge in [0.1, 0.15) is 4.88 Å². The molecule has 128 valence electrons. The Labute approximate surface area is 147 Å². The van der Waals surface area contributed by atoms with Gasteiger partial charge in [0, 0.05) is 49.6 Å². The molecule has 0 spiro atoms. The van der Waals surface area contributed by atoms with Gasteiger partial charge in [-0.25, -0.2) is 4.98 Å². The average Bonchev–Trinajstić information content (AvgIpc) is 2.97. The molecule has 1 aromatic heterocycles. The molecule has 23 heavy (non-hydrogen) atoms. The van der Waals surface area contributed by atoms with E-state index in [1.165, 1.54) is 24.6 Å². The lowest BCUT2D eigenvalue weighted by atomic mass is 10.0. The summed E-state index contributed by atoms with van der Waals surface area (Å²) in [5.74, 6) is 3.11. The Morgan fingerprint density at radius 3 is 2.39 bits per heavy atom. The normalized spacial score (nSPS) is 21.1. The van der Waals surface area contributed by atoms with Crippen molar-refractivity contribution in [1.82, 2.24) is 14.8 Å². The van der Waals surface area contributed by atoms with Crippen molar-refractivity contribution >= 4 is 29.0 Å². The number of likely N-dealkylation sites (tertiary alicyclic amines) is 1. The van der Waals surface area contributed by atoms with E-state index in [1.807, 2.05) is 11.8 Å². The van der Waals surface area contributed by atoms with Crippen molar-refractivity contribution in [2.75, 3.05) is 37.7 Å². The summed E-state index contributed by atoms with van der Waals surface area (Å²) >= 11 is 3.64. The third-order valence-electron chi connectivity index (χ3n) is 4.82. The van der Waals surface area contributed by atoms with Crippen molar-refractivity contribution < 1.29 is 4.79 Å². The fourth-order valence-electron chi connectivity index (χ4n) is 3.38. The number of thiazole rings is 1. The molecule has 1 aromatic rings. The van der Waals surface area contributed by atoms with Gasteiger partial charge in [0.15, 0.2) is 0 Å². The molecule has 2 aliphatic heterocycles. The van der Waals surface area contributed by atoms with Crippen LogP contribution in [0.1, 0.15) is 53.0 Å². The fourth-order valence-corrected chi connectivity index (χ4v) is 5.35. The summed E-state index contributed by atoms with van der Waals surface area (Å²) in [7, 11) is 0. The Bertz CT molecular complexity index is 544. The number of carbonyl (C=O) groups excluding carboxylic acids is 1. The number of thioether (sulfide) groups is 1. The van der Waals surface area contributed by atoms with Crippen LogP contribution >= 0.6 is 23.1 Å². The van der Waals surface area contributed by atoms with Gasteiger partial charge in [0.2, 0.25) is 0 Å². The minimum absolute atomic E-state index is 0.194.